The van der Waals surface area contributed by atoms with Crippen LogP contribution in [0.1, 0.15) is 16.4 Å². The highest BCUT2D eigenvalue weighted by Gasteiger charge is 2.24. The Morgan fingerprint density at radius 3 is 2.00 bits per heavy atom. The Bertz CT molecular complexity index is 602. The number of benzene rings is 2. The summed E-state index contributed by atoms with van der Waals surface area (Å²) in [5, 5.41) is 0.230. The monoisotopic (exact) mass is 328 g/mol. The maximum atomic E-state index is 6.43. The van der Waals surface area contributed by atoms with Gasteiger partial charge in [0.2, 0.25) is 8.32 Å². The van der Waals surface area contributed by atoms with Crippen LogP contribution in [0.25, 0.3) is 6.08 Å². The van der Waals surface area contributed by atoms with E-state index in [-0.39, 0.29) is 5.25 Å². The molecular weight excluding hydrogens is 304 g/mol. The van der Waals surface area contributed by atoms with Gasteiger partial charge in [0.05, 0.1) is 11.0 Å². The molecule has 1 atom stereocenters. The normalized spacial score (nSPS) is 13.7. The lowest BCUT2D eigenvalue weighted by molar-refractivity contribution is 0.412. The molecule has 0 radical (unpaired) electrons. The van der Waals surface area contributed by atoms with Crippen LogP contribution in [-0.4, -0.2) is 14.6 Å². The number of thioether (sulfide) groups is 1. The minimum Gasteiger partial charge on any atom is -0.546 e. The lowest BCUT2D eigenvalue weighted by atomic mass is 10.1. The summed E-state index contributed by atoms with van der Waals surface area (Å²) in [7, 11) is -1.67. The molecule has 0 heterocycles. The summed E-state index contributed by atoms with van der Waals surface area (Å²) >= 11 is 1.82. The molecule has 2 rings (SSSR count). The van der Waals surface area contributed by atoms with Crippen LogP contribution in [0, 0.1) is 0 Å². The molecule has 0 fully saturated rings. The minimum absolute atomic E-state index is 0.230. The fourth-order valence-electron chi connectivity index (χ4n) is 2.27. The van der Waals surface area contributed by atoms with E-state index < -0.39 is 8.32 Å². The lowest BCUT2D eigenvalue weighted by Crippen LogP contribution is -2.26. The first-order valence-electron chi connectivity index (χ1n) is 7.53. The fourth-order valence-corrected chi connectivity index (χ4v) is 4.02. The predicted molar refractivity (Wildman–Crippen MR) is 102 cm³/mol. The van der Waals surface area contributed by atoms with Crippen molar-refractivity contribution >= 4 is 26.2 Å². The third-order valence-corrected chi connectivity index (χ3v) is 4.95. The van der Waals surface area contributed by atoms with Gasteiger partial charge in [-0.05, 0) is 43.1 Å². The van der Waals surface area contributed by atoms with Gasteiger partial charge in [0.25, 0.3) is 0 Å². The Labute approximate surface area is 139 Å². The Kier molecular flexibility index (Phi) is 5.92. The second-order valence-electron chi connectivity index (χ2n) is 6.20. The van der Waals surface area contributed by atoms with E-state index >= 15 is 0 Å². The van der Waals surface area contributed by atoms with Crippen LogP contribution >= 0.6 is 11.8 Å². The summed E-state index contributed by atoms with van der Waals surface area (Å²) in [6.07, 6.45) is 4.33. The molecule has 0 spiro atoms. The molecule has 1 unspecified atom stereocenters. The molecule has 0 saturated carbocycles. The van der Waals surface area contributed by atoms with Gasteiger partial charge in [0.1, 0.15) is 0 Å². The highest BCUT2D eigenvalue weighted by Crippen LogP contribution is 2.37. The van der Waals surface area contributed by atoms with Gasteiger partial charge in [0.15, 0.2) is 0 Å². The molecule has 1 nitrogen and oxygen atoms in total. The van der Waals surface area contributed by atoms with Gasteiger partial charge in [-0.15, -0.1) is 11.8 Å². The van der Waals surface area contributed by atoms with Crippen molar-refractivity contribution in [3.8, 4) is 0 Å². The van der Waals surface area contributed by atoms with Crippen LogP contribution in [0.3, 0.4) is 0 Å². The molecule has 0 N–H and O–H groups in total. The summed E-state index contributed by atoms with van der Waals surface area (Å²) in [5.41, 5.74) is 2.47. The second-order valence-corrected chi connectivity index (χ2v) is 11.6. The van der Waals surface area contributed by atoms with Crippen molar-refractivity contribution in [3.63, 3.8) is 0 Å². The van der Waals surface area contributed by atoms with Gasteiger partial charge in [-0.1, -0.05) is 60.7 Å². The van der Waals surface area contributed by atoms with Crippen molar-refractivity contribution in [2.75, 3.05) is 6.26 Å². The van der Waals surface area contributed by atoms with Crippen molar-refractivity contribution in [1.29, 1.82) is 0 Å². The van der Waals surface area contributed by atoms with Gasteiger partial charge in [-0.25, -0.2) is 0 Å². The van der Waals surface area contributed by atoms with Crippen molar-refractivity contribution in [2.24, 2.45) is 0 Å². The molecule has 3 heteroatoms. The van der Waals surface area contributed by atoms with E-state index in [1.165, 1.54) is 11.1 Å². The van der Waals surface area contributed by atoms with Crippen molar-refractivity contribution < 1.29 is 4.43 Å². The summed E-state index contributed by atoms with van der Waals surface area (Å²) < 4.78 is 6.43. The topological polar surface area (TPSA) is 9.23 Å². The zero-order valence-corrected chi connectivity index (χ0v) is 15.6. The molecule has 0 bridgehead atoms. The van der Waals surface area contributed by atoms with E-state index in [1.807, 2.05) is 17.8 Å². The first kappa shape index (κ1) is 16.9. The van der Waals surface area contributed by atoms with Crippen LogP contribution in [-0.2, 0) is 4.43 Å². The average molecular weight is 329 g/mol. The Balaban J connectivity index is 2.41. The van der Waals surface area contributed by atoms with Gasteiger partial charge < -0.3 is 4.43 Å². The molecule has 0 aliphatic carbocycles. The zero-order chi connectivity index (χ0) is 16.0. The molecule has 2 aromatic carbocycles. The highest BCUT2D eigenvalue weighted by molar-refractivity contribution is 7.99. The van der Waals surface area contributed by atoms with Gasteiger partial charge in [-0.3, -0.25) is 0 Å². The Morgan fingerprint density at radius 2 is 1.50 bits per heavy atom. The van der Waals surface area contributed by atoms with Crippen LogP contribution in [0.2, 0.25) is 19.6 Å². The third-order valence-electron chi connectivity index (χ3n) is 3.13. The summed E-state index contributed by atoms with van der Waals surface area (Å²) in [6.45, 7) is 6.69. The first-order chi connectivity index (χ1) is 10.5. The van der Waals surface area contributed by atoms with Gasteiger partial charge in [-0.2, -0.15) is 0 Å². The van der Waals surface area contributed by atoms with E-state index in [2.05, 4.69) is 86.6 Å². The SMILES string of the molecule is CSC(/C(=C/c1ccccc1)O[Si](C)(C)C)c1ccccc1. The second kappa shape index (κ2) is 7.70. The van der Waals surface area contributed by atoms with Crippen molar-refractivity contribution in [2.45, 2.75) is 24.9 Å². The van der Waals surface area contributed by atoms with Gasteiger partial charge in [0, 0.05) is 0 Å². The number of hydrogen-bond acceptors (Lipinski definition) is 2. The molecule has 0 aromatic heterocycles. The molecular formula is C19H24OSSi. The molecule has 116 valence electrons. The van der Waals surface area contributed by atoms with Crippen molar-refractivity contribution in [1.82, 2.24) is 0 Å². The fraction of sp³-hybridized carbons (Fsp3) is 0.263. The van der Waals surface area contributed by atoms with Crippen LogP contribution in [0.15, 0.2) is 66.4 Å². The van der Waals surface area contributed by atoms with E-state index in [9.17, 15) is 0 Å². The Morgan fingerprint density at radius 1 is 0.955 bits per heavy atom. The van der Waals surface area contributed by atoms with E-state index in [4.69, 9.17) is 4.43 Å². The first-order valence-corrected chi connectivity index (χ1v) is 12.2. The molecule has 0 amide bonds. The molecule has 22 heavy (non-hydrogen) atoms. The van der Waals surface area contributed by atoms with Gasteiger partial charge >= 0.3 is 0 Å². The third kappa shape index (κ3) is 5.07. The molecule has 0 saturated heterocycles. The standard InChI is InChI=1S/C19H24OSSi/c1-21-19(17-13-9-6-10-14-17)18(20-22(2,3)4)15-16-11-7-5-8-12-16/h5-15,19H,1-4H3/b18-15-. The largest absolute Gasteiger partial charge is 0.546 e. The summed E-state index contributed by atoms with van der Waals surface area (Å²) in [5.74, 6) is 1.06. The highest BCUT2D eigenvalue weighted by atomic mass is 32.2. The van der Waals surface area contributed by atoms with E-state index in [1.54, 1.807) is 0 Å². The lowest BCUT2D eigenvalue weighted by Gasteiger charge is -2.27. The number of hydrogen-bond donors (Lipinski definition) is 0. The molecule has 0 aliphatic rings. The quantitative estimate of drug-likeness (QED) is 0.476. The maximum absolute atomic E-state index is 6.43. The van der Waals surface area contributed by atoms with E-state index in [0.717, 1.165) is 5.76 Å². The molecule has 2 aromatic rings. The van der Waals surface area contributed by atoms with Crippen LogP contribution < -0.4 is 0 Å². The smallest absolute Gasteiger partial charge is 0.241 e. The van der Waals surface area contributed by atoms with Crippen LogP contribution in [0.5, 0.6) is 0 Å². The summed E-state index contributed by atoms with van der Waals surface area (Å²) in [6, 6.07) is 21.0. The number of rotatable bonds is 6. The van der Waals surface area contributed by atoms with Crippen molar-refractivity contribution in [3.05, 3.63) is 77.5 Å². The zero-order valence-electron chi connectivity index (χ0n) is 13.7. The predicted octanol–water partition coefficient (Wildman–Crippen LogP) is 5.98. The average Bonchev–Trinajstić information content (AvgIpc) is 2.48. The minimum atomic E-state index is -1.67. The van der Waals surface area contributed by atoms with E-state index in [0.29, 0.717) is 0 Å². The maximum Gasteiger partial charge on any atom is 0.241 e. The summed E-state index contributed by atoms with van der Waals surface area (Å²) in [4.78, 5) is 0. The molecule has 0 aliphatic heterocycles. The Hall–Kier alpha value is -1.45. The van der Waals surface area contributed by atoms with Crippen LogP contribution in [0.4, 0.5) is 0 Å².